The van der Waals surface area contributed by atoms with Crippen molar-refractivity contribution in [3.8, 4) is 0 Å². The Kier molecular flexibility index (Phi) is 41.1. The first-order valence-electron chi connectivity index (χ1n) is 25.1. The largest absolute Gasteiger partial charge is 0.462 e. The van der Waals surface area contributed by atoms with Crippen molar-refractivity contribution in [1.82, 2.24) is 4.90 Å². The zero-order valence-corrected chi connectivity index (χ0v) is 38.7. The van der Waals surface area contributed by atoms with Crippen LogP contribution in [-0.2, 0) is 19.1 Å². The van der Waals surface area contributed by atoms with Gasteiger partial charge in [0, 0.05) is 19.4 Å². The second-order valence-corrected chi connectivity index (χ2v) is 17.4. The molecule has 0 aromatic heterocycles. The average Bonchev–Trinajstić information content (AvgIpc) is 3.20. The average molecular weight is 794 g/mol. The maximum atomic E-state index is 12.9. The van der Waals surface area contributed by atoms with E-state index >= 15 is 0 Å². The normalized spacial score (nSPS) is 13.9. The van der Waals surface area contributed by atoms with Crippen LogP contribution in [0.1, 0.15) is 260 Å². The molecule has 4 unspecified atom stereocenters. The summed E-state index contributed by atoms with van der Waals surface area (Å²) >= 11 is 0. The highest BCUT2D eigenvalue weighted by atomic mass is 16.5. The van der Waals surface area contributed by atoms with Gasteiger partial charge in [0.05, 0.1) is 6.61 Å². The predicted molar refractivity (Wildman–Crippen MR) is 241 cm³/mol. The second kappa shape index (κ2) is 42.0. The predicted octanol–water partition coefficient (Wildman–Crippen LogP) is 14.7. The van der Waals surface area contributed by atoms with Crippen LogP contribution in [0.2, 0.25) is 0 Å². The third kappa shape index (κ3) is 32.8. The van der Waals surface area contributed by atoms with Gasteiger partial charge in [-0.3, -0.25) is 9.59 Å². The van der Waals surface area contributed by atoms with Gasteiger partial charge in [0.25, 0.3) is 0 Å². The van der Waals surface area contributed by atoms with E-state index in [1.807, 2.05) is 0 Å². The number of ether oxygens (including phenoxy) is 2. The number of rotatable bonds is 44. The van der Waals surface area contributed by atoms with Crippen LogP contribution >= 0.6 is 0 Å². The summed E-state index contributed by atoms with van der Waals surface area (Å²) in [6.07, 6.45) is 39.3. The molecule has 0 saturated carbocycles. The van der Waals surface area contributed by atoms with Crippen molar-refractivity contribution < 1.29 is 24.2 Å². The molecule has 0 rings (SSSR count). The van der Waals surface area contributed by atoms with Crippen molar-refractivity contribution in [3.63, 3.8) is 0 Å². The molecule has 0 fully saturated rings. The molecule has 0 amide bonds. The van der Waals surface area contributed by atoms with Gasteiger partial charge in [0.2, 0.25) is 0 Å². The standard InChI is InChI=1S/C50H99NO5/c1-7-13-17-21-23-29-37-45(35-27-19-15-9-3)47(11-5)55-49(53)39-31-25-33-41-51(43-44-52)42-34-26-32-40-50(54)56-48(12-6)46(36-28-20-16-10-4)38-30-24-22-18-14-8-2/h45-48,52H,7-44H2,1-6H3. The maximum Gasteiger partial charge on any atom is 0.306 e. The molecule has 0 bridgehead atoms. The summed E-state index contributed by atoms with van der Waals surface area (Å²) in [7, 11) is 0. The summed E-state index contributed by atoms with van der Waals surface area (Å²) in [5, 5.41) is 9.69. The molecule has 0 aliphatic heterocycles. The van der Waals surface area contributed by atoms with Crippen LogP contribution in [0, 0.1) is 11.8 Å². The molecule has 0 aliphatic rings. The number of esters is 2. The minimum absolute atomic E-state index is 0.0188. The molecule has 1 N–H and O–H groups in total. The molecule has 0 aromatic carbocycles. The molecule has 6 heteroatoms. The third-order valence-corrected chi connectivity index (χ3v) is 12.3. The minimum Gasteiger partial charge on any atom is -0.462 e. The van der Waals surface area contributed by atoms with Crippen molar-refractivity contribution >= 4 is 11.9 Å². The van der Waals surface area contributed by atoms with Crippen molar-refractivity contribution in [2.45, 2.75) is 272 Å². The van der Waals surface area contributed by atoms with Crippen molar-refractivity contribution in [1.29, 1.82) is 0 Å². The number of aliphatic hydroxyl groups is 1. The van der Waals surface area contributed by atoms with Crippen LogP contribution in [0.15, 0.2) is 0 Å². The van der Waals surface area contributed by atoms with Crippen molar-refractivity contribution in [2.24, 2.45) is 11.8 Å². The number of nitrogens with zero attached hydrogens (tertiary/aromatic N) is 1. The minimum atomic E-state index is -0.0188. The van der Waals surface area contributed by atoms with Gasteiger partial charge in [-0.05, 0) is 89.1 Å². The van der Waals surface area contributed by atoms with Gasteiger partial charge in [0.15, 0.2) is 0 Å². The number of hydrogen-bond acceptors (Lipinski definition) is 6. The Morgan fingerprint density at radius 2 is 0.714 bits per heavy atom. The van der Waals surface area contributed by atoms with Crippen molar-refractivity contribution in [3.05, 3.63) is 0 Å². The highest BCUT2D eigenvalue weighted by Gasteiger charge is 2.24. The zero-order valence-electron chi connectivity index (χ0n) is 38.7. The molecule has 6 nitrogen and oxygen atoms in total. The van der Waals surface area contributed by atoms with Crippen LogP contribution in [0.3, 0.4) is 0 Å². The summed E-state index contributed by atoms with van der Waals surface area (Å²) in [5.74, 6) is 0.953. The summed E-state index contributed by atoms with van der Waals surface area (Å²) < 4.78 is 12.3. The Bertz CT molecular complexity index is 772. The maximum absolute atomic E-state index is 12.9. The molecular formula is C50H99NO5. The van der Waals surface area contributed by atoms with Crippen LogP contribution in [0.4, 0.5) is 0 Å². The number of unbranched alkanes of at least 4 members (excludes halogenated alkanes) is 20. The van der Waals surface area contributed by atoms with Crippen molar-refractivity contribution in [2.75, 3.05) is 26.2 Å². The van der Waals surface area contributed by atoms with E-state index in [9.17, 15) is 14.7 Å². The molecular weight excluding hydrogens is 695 g/mol. The lowest BCUT2D eigenvalue weighted by atomic mass is 9.88. The summed E-state index contributed by atoms with van der Waals surface area (Å²) in [6.45, 7) is 16.1. The lowest BCUT2D eigenvalue weighted by Gasteiger charge is -2.27. The number of hydrogen-bond donors (Lipinski definition) is 1. The highest BCUT2D eigenvalue weighted by Crippen LogP contribution is 2.28. The van der Waals surface area contributed by atoms with Crippen LogP contribution < -0.4 is 0 Å². The van der Waals surface area contributed by atoms with Crippen LogP contribution in [0.25, 0.3) is 0 Å². The third-order valence-electron chi connectivity index (χ3n) is 12.3. The van der Waals surface area contributed by atoms with E-state index in [0.29, 0.717) is 31.2 Å². The number of carbonyl (C=O) groups excluding carboxylic acids is 2. The molecule has 334 valence electrons. The number of carbonyl (C=O) groups is 2. The van der Waals surface area contributed by atoms with Crippen LogP contribution in [-0.4, -0.2) is 60.4 Å². The lowest BCUT2D eigenvalue weighted by molar-refractivity contribution is -0.153. The highest BCUT2D eigenvalue weighted by molar-refractivity contribution is 5.69. The molecule has 0 aliphatic carbocycles. The Balaban J connectivity index is 4.57. The lowest BCUT2D eigenvalue weighted by Crippen LogP contribution is -2.29. The van der Waals surface area contributed by atoms with Gasteiger partial charge >= 0.3 is 11.9 Å². The molecule has 56 heavy (non-hydrogen) atoms. The Labute approximate surface area is 350 Å². The van der Waals surface area contributed by atoms with Gasteiger partial charge in [-0.2, -0.15) is 0 Å². The molecule has 0 aromatic rings. The molecule has 0 heterocycles. The smallest absolute Gasteiger partial charge is 0.306 e. The molecule has 4 atom stereocenters. The van der Waals surface area contributed by atoms with Gasteiger partial charge in [-0.25, -0.2) is 0 Å². The first-order chi connectivity index (χ1) is 27.4. The first kappa shape index (κ1) is 54.9. The SMILES string of the molecule is CCCCCCCCC(CCCCCC)C(CC)OC(=O)CCCCCN(CCO)CCCCCC(=O)OC(CC)C(CCCCCC)CCCCCCCC. The monoisotopic (exact) mass is 794 g/mol. The summed E-state index contributed by atoms with van der Waals surface area (Å²) in [5.41, 5.74) is 0. The fraction of sp³-hybridized carbons (Fsp3) is 0.960. The van der Waals surface area contributed by atoms with E-state index in [0.717, 1.165) is 64.5 Å². The molecule has 0 saturated heterocycles. The number of aliphatic hydroxyl groups excluding tert-OH is 1. The Morgan fingerprint density at radius 3 is 1.04 bits per heavy atom. The van der Waals surface area contributed by atoms with Crippen LogP contribution in [0.5, 0.6) is 0 Å². The van der Waals surface area contributed by atoms with E-state index in [1.165, 1.54) is 154 Å². The topological polar surface area (TPSA) is 76.1 Å². The van der Waals surface area contributed by atoms with E-state index in [2.05, 4.69) is 46.4 Å². The zero-order chi connectivity index (χ0) is 41.3. The van der Waals surface area contributed by atoms with E-state index in [4.69, 9.17) is 9.47 Å². The summed E-state index contributed by atoms with van der Waals surface area (Å²) in [6, 6.07) is 0. The Morgan fingerprint density at radius 1 is 0.411 bits per heavy atom. The molecule has 0 radical (unpaired) electrons. The van der Waals surface area contributed by atoms with Gasteiger partial charge in [-0.15, -0.1) is 0 Å². The first-order valence-corrected chi connectivity index (χ1v) is 25.1. The van der Waals surface area contributed by atoms with E-state index in [-0.39, 0.29) is 30.8 Å². The fourth-order valence-corrected chi connectivity index (χ4v) is 8.59. The van der Waals surface area contributed by atoms with Gasteiger partial charge in [0.1, 0.15) is 12.2 Å². The Hall–Kier alpha value is -1.14. The second-order valence-electron chi connectivity index (χ2n) is 17.4. The van der Waals surface area contributed by atoms with Gasteiger partial charge in [-0.1, -0.05) is 183 Å². The van der Waals surface area contributed by atoms with E-state index in [1.54, 1.807) is 0 Å². The fourth-order valence-electron chi connectivity index (χ4n) is 8.59. The summed E-state index contributed by atoms with van der Waals surface area (Å²) in [4.78, 5) is 28.2. The van der Waals surface area contributed by atoms with Gasteiger partial charge < -0.3 is 19.5 Å². The quantitative estimate of drug-likeness (QED) is 0.0489. The molecule has 0 spiro atoms. The van der Waals surface area contributed by atoms with E-state index < -0.39 is 0 Å².